The van der Waals surface area contributed by atoms with Gasteiger partial charge in [0.15, 0.2) is 0 Å². The summed E-state index contributed by atoms with van der Waals surface area (Å²) in [5.74, 6) is 2.67. The first-order valence-corrected chi connectivity index (χ1v) is 8.98. The Morgan fingerprint density at radius 1 is 1.37 bits per heavy atom. The van der Waals surface area contributed by atoms with E-state index < -0.39 is 0 Å². The van der Waals surface area contributed by atoms with Gasteiger partial charge in [0.2, 0.25) is 0 Å². The number of ether oxygens (including phenoxy) is 1. The van der Waals surface area contributed by atoms with Crippen LogP contribution >= 0.6 is 11.8 Å². The van der Waals surface area contributed by atoms with Crippen LogP contribution in [0.1, 0.15) is 32.6 Å². The van der Waals surface area contributed by atoms with E-state index in [9.17, 15) is 0 Å². The van der Waals surface area contributed by atoms with E-state index in [1.807, 2.05) is 0 Å². The maximum Gasteiger partial charge on any atom is 0.0472 e. The number of hydrogen-bond donors (Lipinski definition) is 1. The van der Waals surface area contributed by atoms with Crippen molar-refractivity contribution in [2.24, 2.45) is 5.41 Å². The summed E-state index contributed by atoms with van der Waals surface area (Å²) in [7, 11) is 2.33. The zero-order valence-corrected chi connectivity index (χ0v) is 13.4. The van der Waals surface area contributed by atoms with Crippen molar-refractivity contribution in [3.63, 3.8) is 0 Å². The first-order valence-electron chi connectivity index (χ1n) is 7.82. The molecule has 0 bridgehead atoms. The molecule has 19 heavy (non-hydrogen) atoms. The first-order chi connectivity index (χ1) is 9.26. The van der Waals surface area contributed by atoms with Crippen molar-refractivity contribution in [3.8, 4) is 0 Å². The fraction of sp³-hybridized carbons (Fsp3) is 1.00. The Bertz CT molecular complexity index is 251. The van der Waals surface area contributed by atoms with E-state index in [0.717, 1.165) is 32.3 Å². The van der Waals surface area contributed by atoms with E-state index in [0.29, 0.717) is 5.41 Å². The van der Waals surface area contributed by atoms with Crippen molar-refractivity contribution in [2.75, 3.05) is 51.4 Å². The normalized spacial score (nSPS) is 27.0. The van der Waals surface area contributed by atoms with Crippen LogP contribution < -0.4 is 5.32 Å². The van der Waals surface area contributed by atoms with E-state index in [1.54, 1.807) is 0 Å². The molecule has 2 fully saturated rings. The minimum absolute atomic E-state index is 0.440. The van der Waals surface area contributed by atoms with E-state index in [4.69, 9.17) is 4.74 Å². The monoisotopic (exact) mass is 286 g/mol. The second kappa shape index (κ2) is 7.87. The van der Waals surface area contributed by atoms with Crippen LogP contribution in [0.5, 0.6) is 0 Å². The standard InChI is InChI=1S/C15H30N2OS/c1-3-7-16-12-15(5-8-18-9-6-15)13-17(2)14-4-10-19-11-14/h14,16H,3-13H2,1-2H3. The van der Waals surface area contributed by atoms with E-state index in [2.05, 4.69) is 35.9 Å². The molecule has 0 aliphatic carbocycles. The highest BCUT2D eigenvalue weighted by molar-refractivity contribution is 7.99. The van der Waals surface area contributed by atoms with Crippen LogP contribution in [0.4, 0.5) is 0 Å². The molecule has 0 radical (unpaired) electrons. The first kappa shape index (κ1) is 15.6. The van der Waals surface area contributed by atoms with Crippen LogP contribution in [0.2, 0.25) is 0 Å². The number of nitrogens with zero attached hydrogens (tertiary/aromatic N) is 1. The molecule has 1 N–H and O–H groups in total. The summed E-state index contributed by atoms with van der Waals surface area (Å²) < 4.78 is 5.59. The quantitative estimate of drug-likeness (QED) is 0.725. The molecule has 0 amide bonds. The van der Waals surface area contributed by atoms with E-state index >= 15 is 0 Å². The van der Waals surface area contributed by atoms with Gasteiger partial charge in [-0.1, -0.05) is 6.92 Å². The van der Waals surface area contributed by atoms with Crippen LogP contribution in [-0.4, -0.2) is 62.3 Å². The van der Waals surface area contributed by atoms with Gasteiger partial charge in [-0.2, -0.15) is 11.8 Å². The molecule has 2 saturated heterocycles. The minimum atomic E-state index is 0.440. The molecule has 3 nitrogen and oxygen atoms in total. The average molecular weight is 286 g/mol. The van der Waals surface area contributed by atoms with Crippen molar-refractivity contribution in [1.82, 2.24) is 10.2 Å². The van der Waals surface area contributed by atoms with Crippen molar-refractivity contribution in [2.45, 2.75) is 38.6 Å². The fourth-order valence-electron chi connectivity index (χ4n) is 3.25. The molecular weight excluding hydrogens is 256 g/mol. The fourth-order valence-corrected chi connectivity index (χ4v) is 4.55. The van der Waals surface area contributed by atoms with Gasteiger partial charge in [0, 0.05) is 38.1 Å². The summed E-state index contributed by atoms with van der Waals surface area (Å²) in [6.45, 7) is 7.67. The van der Waals surface area contributed by atoms with Gasteiger partial charge < -0.3 is 15.0 Å². The summed E-state index contributed by atoms with van der Waals surface area (Å²) in [5.41, 5.74) is 0.440. The van der Waals surface area contributed by atoms with Gasteiger partial charge in [-0.3, -0.25) is 0 Å². The van der Waals surface area contributed by atoms with Gasteiger partial charge in [-0.25, -0.2) is 0 Å². The summed E-state index contributed by atoms with van der Waals surface area (Å²) in [6, 6.07) is 0.802. The molecule has 2 heterocycles. The lowest BCUT2D eigenvalue weighted by Gasteiger charge is -2.41. The highest BCUT2D eigenvalue weighted by Gasteiger charge is 2.35. The molecule has 4 heteroatoms. The zero-order valence-electron chi connectivity index (χ0n) is 12.6. The maximum atomic E-state index is 5.59. The minimum Gasteiger partial charge on any atom is -0.381 e. The lowest BCUT2D eigenvalue weighted by atomic mass is 9.79. The van der Waals surface area contributed by atoms with Gasteiger partial charge in [-0.05, 0) is 50.4 Å². The van der Waals surface area contributed by atoms with Gasteiger partial charge in [-0.15, -0.1) is 0 Å². The van der Waals surface area contributed by atoms with Crippen LogP contribution in [0, 0.1) is 5.41 Å². The van der Waals surface area contributed by atoms with Crippen LogP contribution in [0.15, 0.2) is 0 Å². The molecule has 0 aromatic heterocycles. The van der Waals surface area contributed by atoms with E-state index in [1.165, 1.54) is 43.7 Å². The molecule has 1 atom stereocenters. The van der Waals surface area contributed by atoms with Gasteiger partial charge in [0.1, 0.15) is 0 Å². The highest BCUT2D eigenvalue weighted by atomic mass is 32.2. The number of nitrogens with one attached hydrogen (secondary N) is 1. The van der Waals surface area contributed by atoms with Crippen molar-refractivity contribution in [1.29, 1.82) is 0 Å². The summed E-state index contributed by atoms with van der Waals surface area (Å²) in [5, 5.41) is 3.65. The second-order valence-corrected chi connectivity index (χ2v) is 7.37. The Labute approximate surface area is 122 Å². The van der Waals surface area contributed by atoms with Crippen LogP contribution in [0.25, 0.3) is 0 Å². The summed E-state index contributed by atoms with van der Waals surface area (Å²) >= 11 is 2.11. The molecule has 0 saturated carbocycles. The van der Waals surface area contributed by atoms with Crippen LogP contribution in [-0.2, 0) is 4.74 Å². The Kier molecular flexibility index (Phi) is 6.46. The largest absolute Gasteiger partial charge is 0.381 e. The Morgan fingerprint density at radius 2 is 2.16 bits per heavy atom. The second-order valence-electron chi connectivity index (χ2n) is 6.22. The molecule has 1 unspecified atom stereocenters. The Balaban J connectivity index is 1.88. The van der Waals surface area contributed by atoms with Gasteiger partial charge in [0.25, 0.3) is 0 Å². The third-order valence-corrected chi connectivity index (χ3v) is 5.74. The maximum absolute atomic E-state index is 5.59. The Morgan fingerprint density at radius 3 is 2.79 bits per heavy atom. The van der Waals surface area contributed by atoms with Crippen LogP contribution in [0.3, 0.4) is 0 Å². The van der Waals surface area contributed by atoms with Crippen molar-refractivity contribution in [3.05, 3.63) is 0 Å². The molecule has 0 spiro atoms. The number of thioether (sulfide) groups is 1. The zero-order chi connectivity index (χ0) is 13.6. The lowest BCUT2D eigenvalue weighted by molar-refractivity contribution is -0.00508. The third-order valence-electron chi connectivity index (χ3n) is 4.59. The molecule has 0 aromatic rings. The number of rotatable bonds is 7. The topological polar surface area (TPSA) is 24.5 Å². The summed E-state index contributed by atoms with van der Waals surface area (Å²) in [4.78, 5) is 2.62. The molecule has 2 rings (SSSR count). The molecule has 0 aromatic carbocycles. The van der Waals surface area contributed by atoms with Gasteiger partial charge >= 0.3 is 0 Å². The van der Waals surface area contributed by atoms with Crippen molar-refractivity contribution < 1.29 is 4.74 Å². The average Bonchev–Trinajstić information content (AvgIpc) is 2.94. The number of hydrogen-bond acceptors (Lipinski definition) is 4. The molecular formula is C15H30N2OS. The van der Waals surface area contributed by atoms with Crippen molar-refractivity contribution >= 4 is 11.8 Å². The third kappa shape index (κ3) is 4.62. The van der Waals surface area contributed by atoms with E-state index in [-0.39, 0.29) is 0 Å². The molecule has 112 valence electrons. The van der Waals surface area contributed by atoms with Gasteiger partial charge in [0.05, 0.1) is 0 Å². The molecule has 2 aliphatic rings. The summed E-state index contributed by atoms with van der Waals surface area (Å²) in [6.07, 6.45) is 5.03. The Hall–Kier alpha value is 0.230. The SMILES string of the molecule is CCCNCC1(CN(C)C2CCSC2)CCOCC1. The smallest absolute Gasteiger partial charge is 0.0472 e. The lowest BCUT2D eigenvalue weighted by Crippen LogP contribution is -2.49. The predicted octanol–water partition coefficient (Wildman–Crippen LogP) is 2.22. The molecule has 2 aliphatic heterocycles. The highest BCUT2D eigenvalue weighted by Crippen LogP contribution is 2.32. The predicted molar refractivity (Wildman–Crippen MR) is 84.0 cm³/mol.